The van der Waals surface area contributed by atoms with Crippen LogP contribution in [0, 0.1) is 0 Å². The Bertz CT molecular complexity index is 358. The quantitative estimate of drug-likeness (QED) is 0.735. The van der Waals surface area contributed by atoms with Gasteiger partial charge < -0.3 is 0 Å². The maximum absolute atomic E-state index is 11.0. The predicted octanol–water partition coefficient (Wildman–Crippen LogP) is 1.23. The van der Waals surface area contributed by atoms with E-state index in [9.17, 15) is 8.42 Å². The number of hydrogen-bond donors (Lipinski definition) is 0. The lowest BCUT2D eigenvalue weighted by molar-refractivity contribution is 0.595. The third-order valence-electron chi connectivity index (χ3n) is 1.75. The molecular formula is C9H13NO2S. The summed E-state index contributed by atoms with van der Waals surface area (Å²) in [6.07, 6.45) is 2.92. The van der Waals surface area contributed by atoms with E-state index in [1.165, 1.54) is 6.26 Å². The zero-order valence-corrected chi connectivity index (χ0v) is 8.58. The van der Waals surface area contributed by atoms with Crippen LogP contribution in [0.25, 0.3) is 0 Å². The average Bonchev–Trinajstić information content (AvgIpc) is 2.03. The first kappa shape index (κ1) is 10.2. The molecule has 1 unspecified atom stereocenters. The Labute approximate surface area is 78.7 Å². The first-order valence-electron chi connectivity index (χ1n) is 4.08. The van der Waals surface area contributed by atoms with E-state index in [4.69, 9.17) is 0 Å². The maximum Gasteiger partial charge on any atom is 0.148 e. The van der Waals surface area contributed by atoms with Crippen molar-refractivity contribution in [1.82, 2.24) is 4.98 Å². The van der Waals surface area contributed by atoms with E-state index in [2.05, 4.69) is 4.98 Å². The van der Waals surface area contributed by atoms with Crippen LogP contribution in [0.4, 0.5) is 0 Å². The molecule has 0 aromatic carbocycles. The summed E-state index contributed by atoms with van der Waals surface area (Å²) in [7, 11) is -2.91. The highest BCUT2D eigenvalue weighted by Gasteiger charge is 2.12. The minimum atomic E-state index is -2.91. The second-order valence-corrected chi connectivity index (χ2v) is 5.43. The SMILES string of the molecule is CC(CS(C)(=O)=O)c1ccccn1. The van der Waals surface area contributed by atoms with Crippen LogP contribution < -0.4 is 0 Å². The van der Waals surface area contributed by atoms with Gasteiger partial charge in [0.25, 0.3) is 0 Å². The number of sulfone groups is 1. The van der Waals surface area contributed by atoms with Gasteiger partial charge in [0.15, 0.2) is 0 Å². The van der Waals surface area contributed by atoms with E-state index < -0.39 is 9.84 Å². The molecule has 1 rings (SSSR count). The topological polar surface area (TPSA) is 47.0 Å². The minimum Gasteiger partial charge on any atom is -0.261 e. The number of aromatic nitrogens is 1. The highest BCUT2D eigenvalue weighted by Crippen LogP contribution is 2.13. The zero-order valence-electron chi connectivity index (χ0n) is 7.77. The van der Waals surface area contributed by atoms with Gasteiger partial charge in [0.05, 0.1) is 5.75 Å². The molecule has 0 N–H and O–H groups in total. The molecule has 0 fully saturated rings. The fourth-order valence-electron chi connectivity index (χ4n) is 1.21. The van der Waals surface area contributed by atoms with Crippen LogP contribution in [0.15, 0.2) is 24.4 Å². The van der Waals surface area contributed by atoms with E-state index in [1.807, 2.05) is 25.1 Å². The van der Waals surface area contributed by atoms with E-state index in [-0.39, 0.29) is 11.7 Å². The molecule has 0 saturated heterocycles. The van der Waals surface area contributed by atoms with Gasteiger partial charge in [0, 0.05) is 24.1 Å². The molecule has 0 radical (unpaired) electrons. The Kier molecular flexibility index (Phi) is 3.03. The molecule has 13 heavy (non-hydrogen) atoms. The van der Waals surface area contributed by atoms with E-state index in [0.29, 0.717) is 0 Å². The van der Waals surface area contributed by atoms with Gasteiger partial charge >= 0.3 is 0 Å². The molecule has 1 aromatic rings. The molecule has 0 aliphatic carbocycles. The molecule has 1 atom stereocenters. The van der Waals surface area contributed by atoms with Crippen LogP contribution in [-0.2, 0) is 9.84 Å². The summed E-state index contributed by atoms with van der Waals surface area (Å²) in [5.74, 6) is 0.125. The van der Waals surface area contributed by atoms with Crippen molar-refractivity contribution < 1.29 is 8.42 Å². The lowest BCUT2D eigenvalue weighted by Crippen LogP contribution is -2.11. The lowest BCUT2D eigenvalue weighted by Gasteiger charge is -2.08. The van der Waals surface area contributed by atoms with E-state index in [1.54, 1.807) is 6.20 Å². The van der Waals surface area contributed by atoms with Gasteiger partial charge in [0.2, 0.25) is 0 Å². The van der Waals surface area contributed by atoms with Crippen LogP contribution in [0.5, 0.6) is 0 Å². The summed E-state index contributed by atoms with van der Waals surface area (Å²) in [5.41, 5.74) is 0.827. The lowest BCUT2D eigenvalue weighted by atomic mass is 10.1. The number of pyridine rings is 1. The van der Waals surface area contributed by atoms with Crippen LogP contribution in [0.3, 0.4) is 0 Å². The molecule has 0 amide bonds. The summed E-state index contributed by atoms with van der Waals surface area (Å²) in [6, 6.07) is 5.52. The van der Waals surface area contributed by atoms with Crippen molar-refractivity contribution in [2.75, 3.05) is 12.0 Å². The van der Waals surface area contributed by atoms with Gasteiger partial charge in [-0.15, -0.1) is 0 Å². The van der Waals surface area contributed by atoms with Crippen molar-refractivity contribution in [3.8, 4) is 0 Å². The van der Waals surface area contributed by atoms with E-state index in [0.717, 1.165) is 5.69 Å². The van der Waals surface area contributed by atoms with Crippen LogP contribution in [0.2, 0.25) is 0 Å². The minimum absolute atomic E-state index is 0.0313. The van der Waals surface area contributed by atoms with E-state index >= 15 is 0 Å². The summed E-state index contributed by atoms with van der Waals surface area (Å²) >= 11 is 0. The third kappa shape index (κ3) is 3.55. The predicted molar refractivity (Wildman–Crippen MR) is 52.4 cm³/mol. The summed E-state index contributed by atoms with van der Waals surface area (Å²) < 4.78 is 22.0. The van der Waals surface area contributed by atoms with Gasteiger partial charge in [-0.1, -0.05) is 13.0 Å². The molecule has 3 nitrogen and oxygen atoms in total. The molecule has 0 saturated carbocycles. The Morgan fingerprint density at radius 1 is 1.46 bits per heavy atom. The molecule has 0 aliphatic rings. The monoisotopic (exact) mass is 199 g/mol. The van der Waals surface area contributed by atoms with Gasteiger partial charge in [0.1, 0.15) is 9.84 Å². The van der Waals surface area contributed by atoms with Crippen molar-refractivity contribution in [2.24, 2.45) is 0 Å². The standard InChI is InChI=1S/C9H13NO2S/c1-8(7-13(2,11)12)9-5-3-4-6-10-9/h3-6,8H,7H2,1-2H3. The smallest absolute Gasteiger partial charge is 0.148 e. The molecule has 0 aliphatic heterocycles. The number of nitrogens with zero attached hydrogens (tertiary/aromatic N) is 1. The Morgan fingerprint density at radius 2 is 2.15 bits per heavy atom. The second-order valence-electron chi connectivity index (χ2n) is 3.25. The Balaban J connectivity index is 2.76. The molecule has 4 heteroatoms. The summed E-state index contributed by atoms with van der Waals surface area (Å²) in [4.78, 5) is 4.10. The molecule has 0 spiro atoms. The van der Waals surface area contributed by atoms with Gasteiger partial charge in [-0.05, 0) is 12.1 Å². The normalized spacial score (nSPS) is 14.0. The molecular weight excluding hydrogens is 186 g/mol. The fraction of sp³-hybridized carbons (Fsp3) is 0.444. The average molecular weight is 199 g/mol. The molecule has 0 bridgehead atoms. The summed E-state index contributed by atoms with van der Waals surface area (Å²) in [5, 5.41) is 0. The largest absolute Gasteiger partial charge is 0.261 e. The van der Waals surface area contributed by atoms with Gasteiger partial charge in [-0.25, -0.2) is 8.42 Å². The number of hydrogen-bond acceptors (Lipinski definition) is 3. The van der Waals surface area contributed by atoms with Gasteiger partial charge in [-0.2, -0.15) is 0 Å². The van der Waals surface area contributed by atoms with Crippen molar-refractivity contribution in [3.05, 3.63) is 30.1 Å². The molecule has 72 valence electrons. The second kappa shape index (κ2) is 3.87. The van der Waals surface area contributed by atoms with Crippen LogP contribution >= 0.6 is 0 Å². The van der Waals surface area contributed by atoms with Crippen LogP contribution in [-0.4, -0.2) is 25.4 Å². The zero-order chi connectivity index (χ0) is 9.90. The molecule has 1 heterocycles. The maximum atomic E-state index is 11.0. The summed E-state index contributed by atoms with van der Waals surface area (Å²) in [6.45, 7) is 1.86. The van der Waals surface area contributed by atoms with Crippen molar-refractivity contribution >= 4 is 9.84 Å². The first-order valence-corrected chi connectivity index (χ1v) is 6.14. The van der Waals surface area contributed by atoms with Crippen molar-refractivity contribution in [1.29, 1.82) is 0 Å². The first-order chi connectivity index (χ1) is 5.99. The van der Waals surface area contributed by atoms with Gasteiger partial charge in [-0.3, -0.25) is 4.98 Å². The van der Waals surface area contributed by atoms with Crippen molar-refractivity contribution in [3.63, 3.8) is 0 Å². The fourth-order valence-corrected chi connectivity index (χ4v) is 2.29. The third-order valence-corrected chi connectivity index (χ3v) is 2.85. The van der Waals surface area contributed by atoms with Crippen molar-refractivity contribution in [2.45, 2.75) is 12.8 Å². The number of rotatable bonds is 3. The highest BCUT2D eigenvalue weighted by atomic mass is 32.2. The molecule has 1 aromatic heterocycles. The highest BCUT2D eigenvalue weighted by molar-refractivity contribution is 7.90. The Hall–Kier alpha value is -0.900. The Morgan fingerprint density at radius 3 is 2.62 bits per heavy atom. The van der Waals surface area contributed by atoms with Crippen LogP contribution in [0.1, 0.15) is 18.5 Å².